The fourth-order valence-electron chi connectivity index (χ4n) is 1.68. The Labute approximate surface area is 109 Å². The Morgan fingerprint density at radius 1 is 1.35 bits per heavy atom. The van der Waals surface area contributed by atoms with Crippen LogP contribution >= 0.6 is 11.6 Å². The minimum atomic E-state index is 0.155. The molecule has 0 aliphatic rings. The number of hydrogen-bond donors (Lipinski definition) is 1. The van der Waals surface area contributed by atoms with Crippen LogP contribution < -0.4 is 5.73 Å². The topological polar surface area (TPSA) is 38.5 Å². The molecule has 0 heterocycles. The monoisotopic (exact) mass is 256 g/mol. The maximum atomic E-state index is 5.84. The lowest BCUT2D eigenvalue weighted by Gasteiger charge is -2.20. The largest absolute Gasteiger partial charge is 0.380 e. The van der Waals surface area contributed by atoms with Crippen molar-refractivity contribution in [2.24, 2.45) is 5.73 Å². The van der Waals surface area contributed by atoms with E-state index >= 15 is 0 Å². The normalized spacial score (nSPS) is 13.0. The van der Waals surface area contributed by atoms with Crippen molar-refractivity contribution in [3.05, 3.63) is 34.9 Å². The standard InChI is InChI=1S/C13H21ClN2O/c1-16(8-7-13(9-15)17-2)10-11-3-5-12(14)6-4-11/h3-6,13H,7-10,15H2,1-2H3. The van der Waals surface area contributed by atoms with Crippen molar-refractivity contribution in [2.45, 2.75) is 19.1 Å². The molecule has 1 atom stereocenters. The van der Waals surface area contributed by atoms with Gasteiger partial charge in [0.15, 0.2) is 0 Å². The maximum Gasteiger partial charge on any atom is 0.0705 e. The number of benzene rings is 1. The van der Waals surface area contributed by atoms with Crippen molar-refractivity contribution >= 4 is 11.6 Å². The zero-order chi connectivity index (χ0) is 12.7. The first kappa shape index (κ1) is 14.5. The summed E-state index contributed by atoms with van der Waals surface area (Å²) in [6.07, 6.45) is 1.11. The molecule has 3 nitrogen and oxygen atoms in total. The lowest BCUT2D eigenvalue weighted by atomic mass is 10.2. The minimum Gasteiger partial charge on any atom is -0.380 e. The molecular formula is C13H21ClN2O. The van der Waals surface area contributed by atoms with Crippen molar-refractivity contribution in [1.29, 1.82) is 0 Å². The molecule has 0 fully saturated rings. The SMILES string of the molecule is COC(CN)CCN(C)Cc1ccc(Cl)cc1. The maximum absolute atomic E-state index is 5.84. The summed E-state index contributed by atoms with van der Waals surface area (Å²) in [7, 11) is 3.80. The Morgan fingerprint density at radius 3 is 2.53 bits per heavy atom. The number of rotatable bonds is 7. The first-order valence-electron chi connectivity index (χ1n) is 5.81. The van der Waals surface area contributed by atoms with E-state index in [2.05, 4.69) is 24.1 Å². The van der Waals surface area contributed by atoms with Gasteiger partial charge < -0.3 is 15.4 Å². The molecule has 1 aromatic carbocycles. The van der Waals surface area contributed by atoms with Crippen LogP contribution in [0.15, 0.2) is 24.3 Å². The number of halogens is 1. The van der Waals surface area contributed by atoms with Gasteiger partial charge >= 0.3 is 0 Å². The van der Waals surface area contributed by atoms with Crippen LogP contribution in [-0.4, -0.2) is 38.3 Å². The van der Waals surface area contributed by atoms with Crippen molar-refractivity contribution in [3.8, 4) is 0 Å². The molecule has 0 radical (unpaired) electrons. The second-order valence-corrected chi connectivity index (χ2v) is 4.68. The third kappa shape index (κ3) is 5.50. The molecule has 1 rings (SSSR count). The van der Waals surface area contributed by atoms with Crippen molar-refractivity contribution in [1.82, 2.24) is 4.90 Å². The van der Waals surface area contributed by atoms with E-state index in [1.54, 1.807) is 7.11 Å². The quantitative estimate of drug-likeness (QED) is 0.812. The van der Waals surface area contributed by atoms with Crippen LogP contribution in [0.4, 0.5) is 0 Å². The molecule has 0 saturated heterocycles. The number of nitrogens with zero attached hydrogens (tertiary/aromatic N) is 1. The van der Waals surface area contributed by atoms with Crippen molar-refractivity contribution in [3.63, 3.8) is 0 Å². The highest BCUT2D eigenvalue weighted by Crippen LogP contribution is 2.11. The molecule has 0 saturated carbocycles. The Morgan fingerprint density at radius 2 is 2.00 bits per heavy atom. The van der Waals surface area contributed by atoms with Gasteiger partial charge in [0.2, 0.25) is 0 Å². The fraction of sp³-hybridized carbons (Fsp3) is 0.538. The second kappa shape index (κ2) is 7.67. The fourth-order valence-corrected chi connectivity index (χ4v) is 1.80. The summed E-state index contributed by atoms with van der Waals surface area (Å²) in [5.74, 6) is 0. The summed E-state index contributed by atoms with van der Waals surface area (Å²) in [6, 6.07) is 7.94. The number of nitrogens with two attached hydrogens (primary N) is 1. The summed E-state index contributed by atoms with van der Waals surface area (Å²) in [5.41, 5.74) is 6.84. The van der Waals surface area contributed by atoms with E-state index in [1.165, 1.54) is 5.56 Å². The van der Waals surface area contributed by atoms with Gasteiger partial charge in [-0.1, -0.05) is 23.7 Å². The average molecular weight is 257 g/mol. The van der Waals surface area contributed by atoms with Crippen LogP contribution in [0.1, 0.15) is 12.0 Å². The average Bonchev–Trinajstić information content (AvgIpc) is 2.33. The van der Waals surface area contributed by atoms with Gasteiger partial charge in [0, 0.05) is 31.8 Å². The van der Waals surface area contributed by atoms with E-state index < -0.39 is 0 Å². The van der Waals surface area contributed by atoms with Crippen LogP contribution in [0.25, 0.3) is 0 Å². The summed E-state index contributed by atoms with van der Waals surface area (Å²) >= 11 is 5.84. The molecule has 0 bridgehead atoms. The van der Waals surface area contributed by atoms with Crippen LogP contribution in [0, 0.1) is 0 Å². The third-order valence-electron chi connectivity index (χ3n) is 2.79. The molecule has 17 heavy (non-hydrogen) atoms. The van der Waals surface area contributed by atoms with Gasteiger partial charge in [-0.05, 0) is 31.2 Å². The van der Waals surface area contributed by atoms with Gasteiger partial charge in [0.25, 0.3) is 0 Å². The molecule has 0 aliphatic heterocycles. The second-order valence-electron chi connectivity index (χ2n) is 4.25. The summed E-state index contributed by atoms with van der Waals surface area (Å²) < 4.78 is 5.25. The number of methoxy groups -OCH3 is 1. The van der Waals surface area contributed by atoms with Gasteiger partial charge in [-0.15, -0.1) is 0 Å². The van der Waals surface area contributed by atoms with Gasteiger partial charge in [-0.3, -0.25) is 0 Å². The van der Waals surface area contributed by atoms with Gasteiger partial charge in [0.1, 0.15) is 0 Å². The predicted molar refractivity (Wildman–Crippen MR) is 72.3 cm³/mol. The van der Waals surface area contributed by atoms with Gasteiger partial charge in [0.05, 0.1) is 6.10 Å². The van der Waals surface area contributed by atoms with Crippen LogP contribution in [0.2, 0.25) is 5.02 Å². The predicted octanol–water partition coefficient (Wildman–Crippen LogP) is 2.14. The Hall–Kier alpha value is -0.610. The third-order valence-corrected chi connectivity index (χ3v) is 3.05. The van der Waals surface area contributed by atoms with E-state index in [0.717, 1.165) is 24.5 Å². The molecule has 4 heteroatoms. The molecule has 1 aromatic rings. The Balaban J connectivity index is 2.34. The van der Waals surface area contributed by atoms with E-state index in [-0.39, 0.29) is 6.10 Å². The Kier molecular flexibility index (Phi) is 6.52. The zero-order valence-electron chi connectivity index (χ0n) is 10.5. The lowest BCUT2D eigenvalue weighted by molar-refractivity contribution is 0.0919. The van der Waals surface area contributed by atoms with Gasteiger partial charge in [-0.25, -0.2) is 0 Å². The minimum absolute atomic E-state index is 0.155. The first-order chi connectivity index (χ1) is 8.15. The van der Waals surface area contributed by atoms with Crippen molar-refractivity contribution in [2.75, 3.05) is 27.2 Å². The van der Waals surface area contributed by atoms with Crippen LogP contribution in [0.3, 0.4) is 0 Å². The van der Waals surface area contributed by atoms with Crippen molar-refractivity contribution < 1.29 is 4.74 Å². The van der Waals surface area contributed by atoms with Gasteiger partial charge in [-0.2, -0.15) is 0 Å². The highest BCUT2D eigenvalue weighted by Gasteiger charge is 2.07. The molecule has 0 amide bonds. The van der Waals surface area contributed by atoms with Crippen LogP contribution in [-0.2, 0) is 11.3 Å². The number of ether oxygens (including phenoxy) is 1. The lowest BCUT2D eigenvalue weighted by Crippen LogP contribution is -2.28. The molecule has 2 N–H and O–H groups in total. The number of hydrogen-bond acceptors (Lipinski definition) is 3. The van der Waals surface area contributed by atoms with E-state index in [0.29, 0.717) is 6.54 Å². The smallest absolute Gasteiger partial charge is 0.0705 e. The molecule has 1 unspecified atom stereocenters. The highest BCUT2D eigenvalue weighted by atomic mass is 35.5. The molecule has 0 aromatic heterocycles. The molecule has 0 spiro atoms. The van der Waals surface area contributed by atoms with E-state index in [4.69, 9.17) is 22.1 Å². The summed E-state index contributed by atoms with van der Waals surface area (Å²) in [6.45, 7) is 2.46. The summed E-state index contributed by atoms with van der Waals surface area (Å²) in [4.78, 5) is 2.25. The molecule has 96 valence electrons. The van der Waals surface area contributed by atoms with E-state index in [9.17, 15) is 0 Å². The molecular weight excluding hydrogens is 236 g/mol. The molecule has 0 aliphatic carbocycles. The first-order valence-corrected chi connectivity index (χ1v) is 6.19. The summed E-state index contributed by atoms with van der Waals surface area (Å²) in [5, 5.41) is 0.777. The Bertz CT molecular complexity index is 312. The van der Waals surface area contributed by atoms with Crippen LogP contribution in [0.5, 0.6) is 0 Å². The highest BCUT2D eigenvalue weighted by molar-refractivity contribution is 6.30. The zero-order valence-corrected chi connectivity index (χ0v) is 11.3. The van der Waals surface area contributed by atoms with E-state index in [1.807, 2.05) is 12.1 Å².